The van der Waals surface area contributed by atoms with Gasteiger partial charge < -0.3 is 4.90 Å². The summed E-state index contributed by atoms with van der Waals surface area (Å²) in [6.45, 7) is 2.14. The maximum atomic E-state index is 12.6. The Balaban J connectivity index is 1.45. The number of nitrogens with zero attached hydrogens (tertiary/aromatic N) is 4. The zero-order chi connectivity index (χ0) is 18.3. The lowest BCUT2D eigenvalue weighted by atomic mass is 10.1. The second-order valence-corrected chi connectivity index (χ2v) is 8.20. The number of anilines is 1. The summed E-state index contributed by atoms with van der Waals surface area (Å²) in [5.74, 6) is 0.483. The molecule has 1 amide bonds. The van der Waals surface area contributed by atoms with Crippen molar-refractivity contribution in [3.8, 4) is 0 Å². The second kappa shape index (κ2) is 6.10. The van der Waals surface area contributed by atoms with Gasteiger partial charge in [0, 0.05) is 25.0 Å². The Morgan fingerprint density at radius 1 is 1.12 bits per heavy atom. The maximum Gasteiger partial charge on any atom is 0.255 e. The fraction of sp³-hybridized carbons (Fsp3) is 0.235. The van der Waals surface area contributed by atoms with Crippen molar-refractivity contribution in [3.05, 3.63) is 60.0 Å². The Kier molecular flexibility index (Phi) is 3.87. The van der Waals surface area contributed by atoms with Crippen LogP contribution in [-0.4, -0.2) is 52.2 Å². The number of amides is 1. The number of para-hydroxylation sites is 1. The highest BCUT2D eigenvalue weighted by Crippen LogP contribution is 2.21. The van der Waals surface area contributed by atoms with Crippen molar-refractivity contribution in [2.45, 2.75) is 12.2 Å². The minimum Gasteiger partial charge on any atom is -0.336 e. The first kappa shape index (κ1) is 16.5. The summed E-state index contributed by atoms with van der Waals surface area (Å²) in [6, 6.07) is 12.1. The highest BCUT2D eigenvalue weighted by Gasteiger charge is 2.40. The van der Waals surface area contributed by atoms with Crippen molar-refractivity contribution < 1.29 is 13.2 Å². The van der Waals surface area contributed by atoms with E-state index in [1.54, 1.807) is 53.9 Å². The van der Waals surface area contributed by atoms with Gasteiger partial charge >= 0.3 is 0 Å². The molecule has 1 fully saturated rings. The summed E-state index contributed by atoms with van der Waals surface area (Å²) in [5, 5.41) is 7.32. The molecule has 134 valence electrons. The minimum absolute atomic E-state index is 0.167. The Morgan fingerprint density at radius 3 is 2.58 bits per heavy atom. The third-order valence-corrected chi connectivity index (χ3v) is 6.12. The summed E-state index contributed by atoms with van der Waals surface area (Å²) >= 11 is 0. The molecule has 3 heterocycles. The number of carbonyl (C=O) groups excluding carboxylic acids is 1. The first-order valence-electron chi connectivity index (χ1n) is 8.11. The summed E-state index contributed by atoms with van der Waals surface area (Å²) in [7, 11) is -3.53. The van der Waals surface area contributed by atoms with Crippen LogP contribution in [0.2, 0.25) is 0 Å². The van der Waals surface area contributed by atoms with E-state index in [4.69, 9.17) is 0 Å². The number of likely N-dealkylation sites (tertiary alicyclic amines) is 1. The van der Waals surface area contributed by atoms with Gasteiger partial charge in [0.15, 0.2) is 5.65 Å². The SMILES string of the molecule is Cc1nnc2ccc(C(=O)N3CC(S(=O)(=O)Nc4ccccc4)C3)cn12. The first-order valence-corrected chi connectivity index (χ1v) is 9.66. The molecule has 3 aromatic rings. The van der Waals surface area contributed by atoms with Gasteiger partial charge in [-0.25, -0.2) is 8.42 Å². The molecule has 0 aliphatic carbocycles. The van der Waals surface area contributed by atoms with E-state index in [0.29, 0.717) is 22.7 Å². The molecule has 0 unspecified atom stereocenters. The zero-order valence-electron chi connectivity index (χ0n) is 14.0. The van der Waals surface area contributed by atoms with E-state index in [9.17, 15) is 13.2 Å². The van der Waals surface area contributed by atoms with Crippen molar-refractivity contribution in [3.63, 3.8) is 0 Å². The number of nitrogens with one attached hydrogen (secondary N) is 1. The molecule has 1 aliphatic rings. The number of fused-ring (bicyclic) bond motifs is 1. The van der Waals surface area contributed by atoms with Crippen LogP contribution in [0.4, 0.5) is 5.69 Å². The van der Waals surface area contributed by atoms with Gasteiger partial charge in [0.1, 0.15) is 11.1 Å². The molecule has 4 rings (SSSR count). The van der Waals surface area contributed by atoms with E-state index in [1.165, 1.54) is 4.90 Å². The molecule has 26 heavy (non-hydrogen) atoms. The second-order valence-electron chi connectivity index (χ2n) is 6.24. The largest absolute Gasteiger partial charge is 0.336 e. The number of hydrogen-bond acceptors (Lipinski definition) is 5. The molecule has 2 aromatic heterocycles. The van der Waals surface area contributed by atoms with E-state index >= 15 is 0 Å². The van der Waals surface area contributed by atoms with Crippen LogP contribution in [-0.2, 0) is 10.0 Å². The number of pyridine rings is 1. The highest BCUT2D eigenvalue weighted by atomic mass is 32.2. The number of aryl methyl sites for hydroxylation is 1. The maximum absolute atomic E-state index is 12.6. The van der Waals surface area contributed by atoms with Gasteiger partial charge in [0.2, 0.25) is 10.0 Å². The van der Waals surface area contributed by atoms with Crippen LogP contribution in [0.25, 0.3) is 5.65 Å². The fourth-order valence-electron chi connectivity index (χ4n) is 2.87. The van der Waals surface area contributed by atoms with E-state index in [2.05, 4.69) is 14.9 Å². The van der Waals surface area contributed by atoms with Gasteiger partial charge in [-0.3, -0.25) is 13.9 Å². The summed E-state index contributed by atoms with van der Waals surface area (Å²) < 4.78 is 29.1. The topological polar surface area (TPSA) is 96.7 Å². The smallest absolute Gasteiger partial charge is 0.255 e. The Hall–Kier alpha value is -2.94. The van der Waals surface area contributed by atoms with E-state index in [0.717, 1.165) is 0 Å². The molecular formula is C17H17N5O3S. The molecule has 0 radical (unpaired) electrons. The molecule has 0 bridgehead atoms. The van der Waals surface area contributed by atoms with Gasteiger partial charge in [-0.05, 0) is 31.2 Å². The number of hydrogen-bond donors (Lipinski definition) is 1. The quantitative estimate of drug-likeness (QED) is 0.746. The van der Waals surface area contributed by atoms with Crippen molar-refractivity contribution in [1.29, 1.82) is 0 Å². The zero-order valence-corrected chi connectivity index (χ0v) is 14.8. The van der Waals surface area contributed by atoms with E-state index in [1.807, 2.05) is 6.07 Å². The van der Waals surface area contributed by atoms with Crippen LogP contribution in [0.15, 0.2) is 48.7 Å². The van der Waals surface area contributed by atoms with Crippen LogP contribution in [0.3, 0.4) is 0 Å². The average molecular weight is 371 g/mol. The fourth-order valence-corrected chi connectivity index (χ4v) is 4.25. The molecule has 1 N–H and O–H groups in total. The number of rotatable bonds is 4. The van der Waals surface area contributed by atoms with Crippen molar-refractivity contribution in [1.82, 2.24) is 19.5 Å². The van der Waals surface area contributed by atoms with Crippen LogP contribution in [0.1, 0.15) is 16.2 Å². The summed E-state index contributed by atoms with van der Waals surface area (Å²) in [4.78, 5) is 14.1. The van der Waals surface area contributed by atoms with Gasteiger partial charge in [-0.2, -0.15) is 0 Å². The number of benzene rings is 1. The van der Waals surface area contributed by atoms with E-state index in [-0.39, 0.29) is 19.0 Å². The van der Waals surface area contributed by atoms with Crippen LogP contribution in [0.5, 0.6) is 0 Å². The van der Waals surface area contributed by atoms with E-state index < -0.39 is 15.3 Å². The molecule has 1 saturated heterocycles. The predicted octanol–water partition coefficient (Wildman–Crippen LogP) is 1.30. The van der Waals surface area contributed by atoms with Crippen molar-refractivity contribution >= 4 is 27.3 Å². The third-order valence-electron chi connectivity index (χ3n) is 4.43. The van der Waals surface area contributed by atoms with Gasteiger partial charge in [0.25, 0.3) is 5.91 Å². The van der Waals surface area contributed by atoms with Crippen molar-refractivity contribution in [2.24, 2.45) is 0 Å². The minimum atomic E-state index is -3.53. The molecule has 0 saturated carbocycles. The van der Waals surface area contributed by atoms with Crippen LogP contribution in [0, 0.1) is 6.92 Å². The predicted molar refractivity (Wildman–Crippen MR) is 96.4 cm³/mol. The Labute approximate surface area is 150 Å². The molecule has 8 nitrogen and oxygen atoms in total. The Morgan fingerprint density at radius 2 is 1.85 bits per heavy atom. The lowest BCUT2D eigenvalue weighted by Crippen LogP contribution is -2.58. The number of carbonyl (C=O) groups is 1. The van der Waals surface area contributed by atoms with Crippen LogP contribution < -0.4 is 4.72 Å². The van der Waals surface area contributed by atoms with Crippen molar-refractivity contribution in [2.75, 3.05) is 17.8 Å². The third kappa shape index (κ3) is 2.90. The number of sulfonamides is 1. The Bertz CT molecular complexity index is 1070. The monoisotopic (exact) mass is 371 g/mol. The normalized spacial score (nSPS) is 15.0. The molecule has 0 atom stereocenters. The lowest BCUT2D eigenvalue weighted by molar-refractivity contribution is 0.0658. The molecular weight excluding hydrogens is 354 g/mol. The standard InChI is InChI=1S/C17H17N5O3S/c1-12-18-19-16-8-7-13(9-22(12)16)17(23)21-10-15(11-21)26(24,25)20-14-5-3-2-4-6-14/h2-9,15,20H,10-11H2,1H3. The van der Waals surface area contributed by atoms with Gasteiger partial charge in [0.05, 0.1) is 5.56 Å². The molecule has 0 spiro atoms. The summed E-state index contributed by atoms with van der Waals surface area (Å²) in [6.07, 6.45) is 1.68. The lowest BCUT2D eigenvalue weighted by Gasteiger charge is -2.38. The number of aromatic nitrogens is 3. The first-order chi connectivity index (χ1) is 12.4. The van der Waals surface area contributed by atoms with Crippen LogP contribution >= 0.6 is 0 Å². The summed E-state index contributed by atoms with van der Waals surface area (Å²) in [5.41, 5.74) is 1.66. The highest BCUT2D eigenvalue weighted by molar-refractivity contribution is 7.93. The molecule has 1 aromatic carbocycles. The molecule has 9 heteroatoms. The van der Waals surface area contributed by atoms with Gasteiger partial charge in [-0.15, -0.1) is 10.2 Å². The van der Waals surface area contributed by atoms with Gasteiger partial charge in [-0.1, -0.05) is 18.2 Å². The average Bonchev–Trinajstić information content (AvgIpc) is 2.94. The molecule has 1 aliphatic heterocycles.